The topological polar surface area (TPSA) is 86.9 Å². The lowest BCUT2D eigenvalue weighted by molar-refractivity contribution is 0.0953. The van der Waals surface area contributed by atoms with Crippen molar-refractivity contribution < 1.29 is 14.3 Å². The molecule has 3 aromatic rings. The molecule has 0 spiro atoms. The van der Waals surface area contributed by atoms with Crippen LogP contribution in [0.5, 0.6) is 5.75 Å². The van der Waals surface area contributed by atoms with E-state index in [-0.39, 0.29) is 16.7 Å². The van der Waals surface area contributed by atoms with Crippen LogP contribution >= 0.6 is 0 Å². The first-order valence-corrected chi connectivity index (χ1v) is 10.2. The molecule has 1 amide bonds. The molecule has 0 saturated carbocycles. The smallest absolute Gasteiger partial charge is 0.276 e. The molecule has 0 bridgehead atoms. The number of carbonyl (C=O) groups is 1. The van der Waals surface area contributed by atoms with Gasteiger partial charge in [0.25, 0.3) is 5.91 Å². The van der Waals surface area contributed by atoms with Gasteiger partial charge in [0.2, 0.25) is 5.43 Å². The molecule has 1 aromatic heterocycles. The minimum absolute atomic E-state index is 0.106. The molecule has 2 N–H and O–H groups in total. The summed E-state index contributed by atoms with van der Waals surface area (Å²) in [4.78, 5) is 27.5. The normalized spacial score (nSPS) is 13.9. The Hall–Kier alpha value is -3.68. The zero-order valence-corrected chi connectivity index (χ0v) is 17.1. The highest BCUT2D eigenvalue weighted by atomic mass is 19.1. The third kappa shape index (κ3) is 4.14. The average Bonchev–Trinajstić information content (AvgIpc) is 3.30. The van der Waals surface area contributed by atoms with Gasteiger partial charge >= 0.3 is 0 Å². The Balaban J connectivity index is 1.67. The number of carbonyl (C=O) groups excluding carboxylic acids is 1. The molecular weight excluding hydrogens is 399 g/mol. The predicted octanol–water partition coefficient (Wildman–Crippen LogP) is 3.23. The van der Waals surface area contributed by atoms with E-state index in [9.17, 15) is 19.1 Å². The van der Waals surface area contributed by atoms with Crippen molar-refractivity contribution >= 4 is 28.7 Å². The molecule has 0 atom stereocenters. The maximum atomic E-state index is 14.8. The molecule has 1 aliphatic rings. The van der Waals surface area contributed by atoms with Gasteiger partial charge in [-0.1, -0.05) is 0 Å². The van der Waals surface area contributed by atoms with Crippen LogP contribution in [-0.4, -0.2) is 34.9 Å². The van der Waals surface area contributed by atoms with Gasteiger partial charge in [0, 0.05) is 31.2 Å². The number of aryl methyl sites for hydroxylation is 1. The number of nitrogens with one attached hydrogen (secondary N) is 1. The largest absolute Gasteiger partial charge is 0.508 e. The maximum absolute atomic E-state index is 14.8. The molecule has 0 unspecified atom stereocenters. The van der Waals surface area contributed by atoms with Crippen LogP contribution < -0.4 is 15.8 Å². The van der Waals surface area contributed by atoms with Gasteiger partial charge < -0.3 is 14.6 Å². The number of aromatic nitrogens is 1. The zero-order chi connectivity index (χ0) is 22.0. The van der Waals surface area contributed by atoms with E-state index < -0.39 is 17.2 Å². The van der Waals surface area contributed by atoms with E-state index in [1.165, 1.54) is 30.6 Å². The first-order valence-electron chi connectivity index (χ1n) is 10.2. The van der Waals surface area contributed by atoms with Crippen molar-refractivity contribution in [2.24, 2.45) is 5.10 Å². The van der Waals surface area contributed by atoms with Crippen molar-refractivity contribution in [1.29, 1.82) is 0 Å². The van der Waals surface area contributed by atoms with Crippen molar-refractivity contribution in [2.45, 2.75) is 26.3 Å². The number of hydrogen-bond acceptors (Lipinski definition) is 5. The molecule has 0 aliphatic carbocycles. The standard InChI is InChI=1S/C23H23FN4O3/c1-2-27-14-18(23(31)26-25-13-15-5-7-16(29)8-6-15)22(30)17-11-19(24)21(12-20(17)27)28-9-3-4-10-28/h5-8,11-14,29H,2-4,9-10H2,1H3,(H,26,31)/b25-13-. The second-order valence-corrected chi connectivity index (χ2v) is 7.46. The van der Waals surface area contributed by atoms with Crippen LogP contribution in [0.2, 0.25) is 0 Å². The second kappa shape index (κ2) is 8.59. The average molecular weight is 422 g/mol. The fourth-order valence-corrected chi connectivity index (χ4v) is 3.81. The minimum Gasteiger partial charge on any atom is -0.508 e. The number of rotatable bonds is 5. The van der Waals surface area contributed by atoms with E-state index >= 15 is 0 Å². The van der Waals surface area contributed by atoms with E-state index in [0.29, 0.717) is 23.3 Å². The fraction of sp³-hybridized carbons (Fsp3) is 0.261. The van der Waals surface area contributed by atoms with Crippen molar-refractivity contribution in [3.8, 4) is 5.75 Å². The van der Waals surface area contributed by atoms with Crippen LogP contribution in [0.15, 0.2) is 52.5 Å². The number of hydrazone groups is 1. The van der Waals surface area contributed by atoms with Gasteiger partial charge in [-0.15, -0.1) is 0 Å². The van der Waals surface area contributed by atoms with Gasteiger partial charge in [0.05, 0.1) is 17.4 Å². The zero-order valence-electron chi connectivity index (χ0n) is 17.1. The molecule has 2 heterocycles. The Bertz CT molecular complexity index is 1210. The van der Waals surface area contributed by atoms with Gasteiger partial charge in [0.15, 0.2) is 0 Å². The summed E-state index contributed by atoms with van der Waals surface area (Å²) in [7, 11) is 0. The summed E-state index contributed by atoms with van der Waals surface area (Å²) in [5.74, 6) is -1.01. The molecule has 1 aliphatic heterocycles. The Morgan fingerprint density at radius 2 is 1.94 bits per heavy atom. The summed E-state index contributed by atoms with van der Waals surface area (Å²) in [5, 5.41) is 13.3. The summed E-state index contributed by atoms with van der Waals surface area (Å²) in [6.07, 6.45) is 4.92. The summed E-state index contributed by atoms with van der Waals surface area (Å²) in [6.45, 7) is 3.99. The molecule has 0 radical (unpaired) electrons. The molecule has 31 heavy (non-hydrogen) atoms. The molecule has 1 fully saturated rings. The first kappa shape index (κ1) is 20.6. The molecule has 1 saturated heterocycles. The van der Waals surface area contributed by atoms with Gasteiger partial charge in [-0.2, -0.15) is 5.10 Å². The third-order valence-electron chi connectivity index (χ3n) is 5.45. The molecule has 8 heteroatoms. The molecule has 4 rings (SSSR count). The van der Waals surface area contributed by atoms with E-state index in [2.05, 4.69) is 10.5 Å². The SMILES string of the molecule is CCn1cc(C(=O)N/N=C\c2ccc(O)cc2)c(=O)c2cc(F)c(N3CCCC3)cc21. The summed E-state index contributed by atoms with van der Waals surface area (Å²) < 4.78 is 16.6. The molecule has 160 valence electrons. The number of aromatic hydroxyl groups is 1. The highest BCUT2D eigenvalue weighted by Gasteiger charge is 2.21. The number of phenolic OH excluding ortho intramolecular Hbond substituents is 1. The second-order valence-electron chi connectivity index (χ2n) is 7.46. The Kier molecular flexibility index (Phi) is 5.70. The van der Waals surface area contributed by atoms with Crippen molar-refractivity contribution in [2.75, 3.05) is 18.0 Å². The molecule has 7 nitrogen and oxygen atoms in total. The summed E-state index contributed by atoms with van der Waals surface area (Å²) in [6, 6.07) is 9.19. The highest BCUT2D eigenvalue weighted by molar-refractivity contribution is 5.98. The van der Waals surface area contributed by atoms with Gasteiger partial charge in [-0.05, 0) is 61.7 Å². The van der Waals surface area contributed by atoms with E-state index in [1.54, 1.807) is 22.8 Å². The number of phenols is 1. The Labute approximate surface area is 178 Å². The van der Waals surface area contributed by atoms with Gasteiger partial charge in [-0.3, -0.25) is 9.59 Å². The summed E-state index contributed by atoms with van der Waals surface area (Å²) >= 11 is 0. The molecular formula is C23H23FN4O3. The maximum Gasteiger partial charge on any atom is 0.276 e. The van der Waals surface area contributed by atoms with E-state index in [1.807, 2.05) is 11.8 Å². The minimum atomic E-state index is -0.673. The van der Waals surface area contributed by atoms with Gasteiger partial charge in [-0.25, -0.2) is 9.82 Å². The highest BCUT2D eigenvalue weighted by Crippen LogP contribution is 2.28. The van der Waals surface area contributed by atoms with Gasteiger partial charge in [0.1, 0.15) is 17.1 Å². The third-order valence-corrected chi connectivity index (χ3v) is 5.45. The van der Waals surface area contributed by atoms with Crippen LogP contribution in [0.3, 0.4) is 0 Å². The number of halogens is 1. The number of benzene rings is 2. The van der Waals surface area contributed by atoms with E-state index in [0.717, 1.165) is 25.9 Å². The van der Waals surface area contributed by atoms with Crippen molar-refractivity contribution in [3.05, 3.63) is 69.8 Å². The Morgan fingerprint density at radius 1 is 1.23 bits per heavy atom. The predicted molar refractivity (Wildman–Crippen MR) is 118 cm³/mol. The van der Waals surface area contributed by atoms with Crippen LogP contribution in [0, 0.1) is 5.82 Å². The monoisotopic (exact) mass is 422 g/mol. The Morgan fingerprint density at radius 3 is 2.61 bits per heavy atom. The van der Waals surface area contributed by atoms with Crippen LogP contribution in [0.4, 0.5) is 10.1 Å². The lowest BCUT2D eigenvalue weighted by Gasteiger charge is -2.20. The van der Waals surface area contributed by atoms with Crippen molar-refractivity contribution in [3.63, 3.8) is 0 Å². The quantitative estimate of drug-likeness (QED) is 0.488. The number of nitrogens with zero attached hydrogens (tertiary/aromatic N) is 3. The first-order chi connectivity index (χ1) is 15.0. The van der Waals surface area contributed by atoms with Crippen LogP contribution in [0.25, 0.3) is 10.9 Å². The number of amides is 1. The molecule has 2 aromatic carbocycles. The lowest BCUT2D eigenvalue weighted by atomic mass is 10.1. The van der Waals surface area contributed by atoms with Crippen LogP contribution in [-0.2, 0) is 6.54 Å². The number of anilines is 1. The van der Waals surface area contributed by atoms with E-state index in [4.69, 9.17) is 0 Å². The lowest BCUT2D eigenvalue weighted by Crippen LogP contribution is -2.27. The number of hydrogen-bond donors (Lipinski definition) is 2. The van der Waals surface area contributed by atoms with Crippen molar-refractivity contribution in [1.82, 2.24) is 9.99 Å². The summed E-state index contributed by atoms with van der Waals surface area (Å²) in [5.41, 5.74) is 3.45. The fourth-order valence-electron chi connectivity index (χ4n) is 3.81. The number of fused-ring (bicyclic) bond motifs is 1. The number of pyridine rings is 1. The van der Waals surface area contributed by atoms with Crippen LogP contribution in [0.1, 0.15) is 35.7 Å².